The Labute approximate surface area is 106 Å². The molecule has 19 heavy (non-hydrogen) atoms. The first kappa shape index (κ1) is 12.4. The number of benzene rings is 1. The highest BCUT2D eigenvalue weighted by atomic mass is 16.7. The van der Waals surface area contributed by atoms with Gasteiger partial charge in [-0.2, -0.15) is 0 Å². The van der Waals surface area contributed by atoms with Gasteiger partial charge in [0.25, 0.3) is 5.69 Å². The number of aromatic hydroxyl groups is 2. The molecule has 1 heterocycles. The van der Waals surface area contributed by atoms with Gasteiger partial charge in [-0.25, -0.2) is 4.79 Å². The third-order valence-corrected chi connectivity index (χ3v) is 2.26. The number of rotatable bonds is 3. The summed E-state index contributed by atoms with van der Waals surface area (Å²) in [6, 6.07) is 7.13. The number of hydrogen-bond acceptors (Lipinski definition) is 6. The average Bonchev–Trinajstić information content (AvgIpc) is 2.70. The monoisotopic (exact) mass is 264 g/mol. The van der Waals surface area contributed by atoms with E-state index in [1.165, 1.54) is 18.2 Å². The van der Waals surface area contributed by atoms with Crippen molar-refractivity contribution < 1.29 is 24.8 Å². The molecule has 2 N–H and O–H groups in total. The maximum absolute atomic E-state index is 11.7. The molecular weight excluding hydrogens is 256 g/mol. The molecule has 0 saturated heterocycles. The molecule has 0 aliphatic rings. The topological polar surface area (TPSA) is 115 Å². The van der Waals surface area contributed by atoms with Crippen molar-refractivity contribution in [3.8, 4) is 11.8 Å². The second kappa shape index (κ2) is 4.69. The van der Waals surface area contributed by atoms with Crippen molar-refractivity contribution in [3.63, 3.8) is 0 Å². The Bertz CT molecular complexity index is 629. The van der Waals surface area contributed by atoms with Crippen molar-refractivity contribution in [1.29, 1.82) is 0 Å². The maximum atomic E-state index is 11.7. The van der Waals surface area contributed by atoms with Crippen molar-refractivity contribution >= 4 is 11.7 Å². The third-order valence-electron chi connectivity index (χ3n) is 2.26. The lowest BCUT2D eigenvalue weighted by Crippen LogP contribution is -2.19. The van der Waals surface area contributed by atoms with Crippen molar-refractivity contribution in [2.24, 2.45) is 0 Å². The Morgan fingerprint density at radius 3 is 2.42 bits per heavy atom. The van der Waals surface area contributed by atoms with Gasteiger partial charge in [-0.15, -0.1) is 4.73 Å². The molecule has 8 nitrogen and oxygen atoms in total. The van der Waals surface area contributed by atoms with Gasteiger partial charge in [-0.3, -0.25) is 10.1 Å². The van der Waals surface area contributed by atoms with E-state index in [1.807, 2.05) is 0 Å². The van der Waals surface area contributed by atoms with Crippen molar-refractivity contribution in [1.82, 2.24) is 4.73 Å². The summed E-state index contributed by atoms with van der Waals surface area (Å²) in [5.41, 5.74) is -0.350. The predicted molar refractivity (Wildman–Crippen MR) is 61.8 cm³/mol. The molecule has 2 rings (SSSR count). The Morgan fingerprint density at radius 1 is 1.21 bits per heavy atom. The summed E-state index contributed by atoms with van der Waals surface area (Å²) in [6.07, 6.45) is 0. The first-order valence-corrected chi connectivity index (χ1v) is 5.06. The van der Waals surface area contributed by atoms with Crippen molar-refractivity contribution in [3.05, 3.63) is 52.1 Å². The van der Waals surface area contributed by atoms with E-state index in [-0.39, 0.29) is 11.3 Å². The minimum atomic E-state index is -0.953. The number of non-ortho nitro benzene ring substituents is 1. The van der Waals surface area contributed by atoms with Crippen LogP contribution in [0.1, 0.15) is 10.4 Å². The second-order valence-corrected chi connectivity index (χ2v) is 3.53. The first-order valence-electron chi connectivity index (χ1n) is 5.06. The van der Waals surface area contributed by atoms with Crippen LogP contribution < -0.4 is 4.84 Å². The van der Waals surface area contributed by atoms with Gasteiger partial charge in [0.1, 0.15) is 0 Å². The summed E-state index contributed by atoms with van der Waals surface area (Å²) < 4.78 is 0.501. The predicted octanol–water partition coefficient (Wildman–Crippen LogP) is 1.08. The molecule has 0 amide bonds. The normalized spacial score (nSPS) is 10.1. The van der Waals surface area contributed by atoms with Crippen LogP contribution in [0.5, 0.6) is 11.8 Å². The van der Waals surface area contributed by atoms with Crippen LogP contribution >= 0.6 is 0 Å². The zero-order valence-electron chi connectivity index (χ0n) is 9.39. The number of nitro benzene ring substituents is 1. The van der Waals surface area contributed by atoms with Crippen LogP contribution in [0.3, 0.4) is 0 Å². The highest BCUT2D eigenvalue weighted by Crippen LogP contribution is 2.20. The van der Waals surface area contributed by atoms with Crippen LogP contribution in [0, 0.1) is 10.1 Å². The van der Waals surface area contributed by atoms with E-state index >= 15 is 0 Å². The molecular formula is C11H8N2O6. The standard InChI is InChI=1S/C11H8N2O6/c14-9-4-5-10(15)12(9)19-11(16)7-2-1-3-8(6-7)13(17)18/h1-6,14-15H. The SMILES string of the molecule is O=C(On1c(O)ccc1O)c1cccc([N+](=O)[O-])c1. The minimum Gasteiger partial charge on any atom is -0.492 e. The smallest absolute Gasteiger partial charge is 0.364 e. The number of nitrogens with zero attached hydrogens (tertiary/aromatic N) is 2. The van der Waals surface area contributed by atoms with Gasteiger partial charge in [-0.05, 0) is 6.07 Å². The van der Waals surface area contributed by atoms with Gasteiger partial charge >= 0.3 is 5.97 Å². The highest BCUT2D eigenvalue weighted by molar-refractivity contribution is 5.90. The van der Waals surface area contributed by atoms with Crippen molar-refractivity contribution in [2.75, 3.05) is 0 Å². The molecule has 0 radical (unpaired) electrons. The molecule has 0 aliphatic carbocycles. The van der Waals surface area contributed by atoms with E-state index in [0.29, 0.717) is 4.73 Å². The maximum Gasteiger partial charge on any atom is 0.364 e. The van der Waals surface area contributed by atoms with Crippen LogP contribution in [0.4, 0.5) is 5.69 Å². The van der Waals surface area contributed by atoms with E-state index in [0.717, 1.165) is 18.2 Å². The number of nitro groups is 1. The molecule has 0 fully saturated rings. The molecule has 1 aromatic carbocycles. The molecule has 2 aromatic rings. The molecule has 0 saturated carbocycles. The summed E-state index contributed by atoms with van der Waals surface area (Å²) >= 11 is 0. The molecule has 0 aliphatic heterocycles. The quantitative estimate of drug-likeness (QED) is 0.633. The fourth-order valence-electron chi connectivity index (χ4n) is 1.38. The summed E-state index contributed by atoms with van der Waals surface area (Å²) in [7, 11) is 0. The number of aromatic nitrogens is 1. The Balaban J connectivity index is 2.25. The third kappa shape index (κ3) is 2.46. The summed E-state index contributed by atoms with van der Waals surface area (Å²) in [4.78, 5) is 26.3. The van der Waals surface area contributed by atoms with E-state index in [4.69, 9.17) is 4.84 Å². The Kier molecular flexibility index (Phi) is 3.06. The number of carbonyl (C=O) groups is 1. The molecule has 8 heteroatoms. The van der Waals surface area contributed by atoms with Gasteiger partial charge in [0.2, 0.25) is 11.8 Å². The number of hydrogen-bond donors (Lipinski definition) is 2. The summed E-state index contributed by atoms with van der Waals surface area (Å²) in [6.45, 7) is 0. The Morgan fingerprint density at radius 2 is 1.84 bits per heavy atom. The zero-order chi connectivity index (χ0) is 14.0. The lowest BCUT2D eigenvalue weighted by atomic mass is 10.2. The molecule has 0 atom stereocenters. The second-order valence-electron chi connectivity index (χ2n) is 3.53. The average molecular weight is 264 g/mol. The summed E-state index contributed by atoms with van der Waals surface area (Å²) in [5.74, 6) is -1.90. The van der Waals surface area contributed by atoms with E-state index in [1.54, 1.807) is 0 Å². The minimum absolute atomic E-state index is 0.0818. The van der Waals surface area contributed by atoms with Gasteiger partial charge in [0, 0.05) is 24.3 Å². The number of carbonyl (C=O) groups excluding carboxylic acids is 1. The van der Waals surface area contributed by atoms with Gasteiger partial charge < -0.3 is 15.1 Å². The molecule has 0 unspecified atom stereocenters. The zero-order valence-corrected chi connectivity index (χ0v) is 9.39. The highest BCUT2D eigenvalue weighted by Gasteiger charge is 2.16. The van der Waals surface area contributed by atoms with Crippen molar-refractivity contribution in [2.45, 2.75) is 0 Å². The lowest BCUT2D eigenvalue weighted by Gasteiger charge is -2.06. The molecule has 0 bridgehead atoms. The van der Waals surface area contributed by atoms with E-state index in [9.17, 15) is 25.1 Å². The largest absolute Gasteiger partial charge is 0.492 e. The summed E-state index contributed by atoms with van der Waals surface area (Å²) in [5, 5.41) is 29.1. The fraction of sp³-hybridized carbons (Fsp3) is 0. The van der Waals surface area contributed by atoms with Gasteiger partial charge in [0.15, 0.2) is 0 Å². The molecule has 1 aromatic heterocycles. The fourth-order valence-corrected chi connectivity index (χ4v) is 1.38. The van der Waals surface area contributed by atoms with Crippen LogP contribution in [-0.4, -0.2) is 25.8 Å². The van der Waals surface area contributed by atoms with Gasteiger partial charge in [0.05, 0.1) is 10.5 Å². The molecule has 98 valence electrons. The van der Waals surface area contributed by atoms with Crippen LogP contribution in [0.15, 0.2) is 36.4 Å². The van der Waals surface area contributed by atoms with Crippen LogP contribution in [-0.2, 0) is 0 Å². The van der Waals surface area contributed by atoms with E-state index < -0.39 is 22.7 Å². The molecule has 0 spiro atoms. The Hall–Kier alpha value is -3.03. The van der Waals surface area contributed by atoms with E-state index in [2.05, 4.69) is 0 Å². The van der Waals surface area contributed by atoms with Crippen LogP contribution in [0.25, 0.3) is 0 Å². The first-order chi connectivity index (χ1) is 8.99. The van der Waals surface area contributed by atoms with Crippen LogP contribution in [0.2, 0.25) is 0 Å². The van der Waals surface area contributed by atoms with Gasteiger partial charge in [-0.1, -0.05) is 6.07 Å². The lowest BCUT2D eigenvalue weighted by molar-refractivity contribution is -0.384.